The highest BCUT2D eigenvalue weighted by atomic mass is 32.1. The summed E-state index contributed by atoms with van der Waals surface area (Å²) in [5, 5.41) is 9.51. The number of rotatable bonds is 7. The molecular weight excluding hydrogens is 292 g/mol. The van der Waals surface area contributed by atoms with E-state index in [9.17, 15) is 9.59 Å². The topological polar surface area (TPSA) is 72.8 Å². The molecular formula is C15H16O5S. The van der Waals surface area contributed by atoms with Crippen LogP contribution in [0.25, 0.3) is 10.1 Å². The van der Waals surface area contributed by atoms with Crippen molar-refractivity contribution in [2.24, 2.45) is 0 Å². The SMILES string of the molecule is COc1cc2cc(C(=O)CCCC(=O)O)sc2cc1OC. The molecule has 0 atom stereocenters. The van der Waals surface area contributed by atoms with E-state index in [0.29, 0.717) is 22.8 Å². The monoisotopic (exact) mass is 308 g/mol. The van der Waals surface area contributed by atoms with Gasteiger partial charge in [0.25, 0.3) is 0 Å². The van der Waals surface area contributed by atoms with Crippen molar-refractivity contribution in [3.05, 3.63) is 23.1 Å². The van der Waals surface area contributed by atoms with E-state index in [2.05, 4.69) is 0 Å². The van der Waals surface area contributed by atoms with Crippen LogP contribution in [-0.2, 0) is 4.79 Å². The van der Waals surface area contributed by atoms with Crippen molar-refractivity contribution < 1.29 is 24.2 Å². The Morgan fingerprint density at radius 2 is 1.76 bits per heavy atom. The van der Waals surface area contributed by atoms with Gasteiger partial charge in [0.15, 0.2) is 17.3 Å². The van der Waals surface area contributed by atoms with Crippen molar-refractivity contribution >= 4 is 33.2 Å². The number of carboxylic acid groups (broad SMARTS) is 1. The molecule has 0 aliphatic carbocycles. The van der Waals surface area contributed by atoms with Crippen molar-refractivity contribution in [3.8, 4) is 11.5 Å². The molecule has 0 aliphatic rings. The number of benzene rings is 1. The zero-order chi connectivity index (χ0) is 15.4. The summed E-state index contributed by atoms with van der Waals surface area (Å²) in [5.74, 6) is 0.327. The average molecular weight is 308 g/mol. The van der Waals surface area contributed by atoms with Crippen molar-refractivity contribution in [2.45, 2.75) is 19.3 Å². The van der Waals surface area contributed by atoms with Crippen LogP contribution in [0.5, 0.6) is 11.5 Å². The summed E-state index contributed by atoms with van der Waals surface area (Å²) in [6, 6.07) is 5.48. The summed E-state index contributed by atoms with van der Waals surface area (Å²) in [6.07, 6.45) is 0.612. The van der Waals surface area contributed by atoms with Crippen LogP contribution in [0.1, 0.15) is 28.9 Å². The summed E-state index contributed by atoms with van der Waals surface area (Å²) in [5.41, 5.74) is 0. The Hall–Kier alpha value is -2.08. The van der Waals surface area contributed by atoms with E-state index in [0.717, 1.165) is 10.1 Å². The zero-order valence-electron chi connectivity index (χ0n) is 11.8. The van der Waals surface area contributed by atoms with E-state index in [1.807, 2.05) is 18.2 Å². The minimum absolute atomic E-state index is 0.0122. The molecule has 0 radical (unpaired) electrons. The number of Topliss-reactive ketones (excluding diaryl/α,β-unsaturated/α-hetero) is 1. The molecule has 1 aromatic heterocycles. The normalized spacial score (nSPS) is 10.6. The number of hydrogen-bond acceptors (Lipinski definition) is 5. The standard InChI is InChI=1S/C15H16O5S/c1-19-11-6-9-7-14(10(16)4-3-5-15(17)18)21-13(9)8-12(11)20-2/h6-8H,3-5H2,1-2H3,(H,17,18). The predicted octanol–water partition coefficient (Wildman–Crippen LogP) is 3.36. The predicted molar refractivity (Wildman–Crippen MR) is 80.7 cm³/mol. The van der Waals surface area contributed by atoms with Crippen molar-refractivity contribution in [1.82, 2.24) is 0 Å². The van der Waals surface area contributed by atoms with Crippen LogP contribution in [-0.4, -0.2) is 31.1 Å². The van der Waals surface area contributed by atoms with Gasteiger partial charge in [0.05, 0.1) is 19.1 Å². The second-order valence-electron chi connectivity index (χ2n) is 4.53. The first kappa shape index (κ1) is 15.3. The first-order chi connectivity index (χ1) is 10.0. The molecule has 0 spiro atoms. The van der Waals surface area contributed by atoms with Crippen LogP contribution in [0.2, 0.25) is 0 Å². The first-order valence-corrected chi connectivity index (χ1v) is 7.27. The highest BCUT2D eigenvalue weighted by Crippen LogP contribution is 2.36. The number of hydrogen-bond donors (Lipinski definition) is 1. The third kappa shape index (κ3) is 3.52. The van der Waals surface area contributed by atoms with Gasteiger partial charge in [-0.15, -0.1) is 11.3 Å². The Labute approximate surface area is 126 Å². The van der Waals surface area contributed by atoms with Gasteiger partial charge in [-0.1, -0.05) is 0 Å². The lowest BCUT2D eigenvalue weighted by Crippen LogP contribution is -1.99. The molecule has 0 unspecified atom stereocenters. The molecule has 1 N–H and O–H groups in total. The van der Waals surface area contributed by atoms with Crippen LogP contribution in [0.3, 0.4) is 0 Å². The van der Waals surface area contributed by atoms with E-state index in [1.165, 1.54) is 11.3 Å². The van der Waals surface area contributed by atoms with E-state index in [1.54, 1.807) is 14.2 Å². The number of carbonyl (C=O) groups excluding carboxylic acids is 1. The lowest BCUT2D eigenvalue weighted by atomic mass is 10.1. The summed E-state index contributed by atoms with van der Waals surface area (Å²) in [7, 11) is 3.13. The number of methoxy groups -OCH3 is 2. The number of ether oxygens (including phenoxy) is 2. The average Bonchev–Trinajstić information content (AvgIpc) is 2.87. The van der Waals surface area contributed by atoms with Crippen LogP contribution in [0.4, 0.5) is 0 Å². The zero-order valence-corrected chi connectivity index (χ0v) is 12.7. The Bertz CT molecular complexity index is 633. The molecule has 0 amide bonds. The molecule has 0 saturated carbocycles. The molecule has 112 valence electrons. The number of carbonyl (C=O) groups is 2. The lowest BCUT2D eigenvalue weighted by molar-refractivity contribution is -0.137. The number of fused-ring (bicyclic) bond motifs is 1. The molecule has 0 bridgehead atoms. The van der Waals surface area contributed by atoms with Gasteiger partial charge in [-0.25, -0.2) is 0 Å². The number of ketones is 1. The van der Waals surface area contributed by atoms with Gasteiger partial charge in [0.2, 0.25) is 0 Å². The maximum Gasteiger partial charge on any atom is 0.303 e. The second-order valence-corrected chi connectivity index (χ2v) is 5.61. The maximum atomic E-state index is 12.1. The molecule has 0 aliphatic heterocycles. The molecule has 6 heteroatoms. The van der Waals surface area contributed by atoms with Gasteiger partial charge in [0.1, 0.15) is 0 Å². The highest BCUT2D eigenvalue weighted by Gasteiger charge is 2.14. The Morgan fingerprint density at radius 1 is 1.10 bits per heavy atom. The highest BCUT2D eigenvalue weighted by molar-refractivity contribution is 7.20. The number of carboxylic acids is 1. The van der Waals surface area contributed by atoms with E-state index < -0.39 is 5.97 Å². The van der Waals surface area contributed by atoms with Gasteiger partial charge in [-0.3, -0.25) is 9.59 Å². The Kier molecular flexibility index (Phi) is 4.80. The van der Waals surface area contributed by atoms with E-state index in [-0.39, 0.29) is 18.6 Å². The van der Waals surface area contributed by atoms with Gasteiger partial charge < -0.3 is 14.6 Å². The number of thiophene rings is 1. The summed E-state index contributed by atoms with van der Waals surface area (Å²) < 4.78 is 11.4. The fourth-order valence-electron chi connectivity index (χ4n) is 2.03. The van der Waals surface area contributed by atoms with Crippen molar-refractivity contribution in [3.63, 3.8) is 0 Å². The molecule has 21 heavy (non-hydrogen) atoms. The van der Waals surface area contributed by atoms with Gasteiger partial charge >= 0.3 is 5.97 Å². The molecule has 1 heterocycles. The molecule has 5 nitrogen and oxygen atoms in total. The summed E-state index contributed by atoms with van der Waals surface area (Å²) in [6.45, 7) is 0. The van der Waals surface area contributed by atoms with E-state index in [4.69, 9.17) is 14.6 Å². The first-order valence-electron chi connectivity index (χ1n) is 6.45. The summed E-state index contributed by atoms with van der Waals surface area (Å²) in [4.78, 5) is 23.2. The van der Waals surface area contributed by atoms with Gasteiger partial charge in [-0.05, 0) is 23.9 Å². The van der Waals surface area contributed by atoms with Crippen LogP contribution < -0.4 is 9.47 Å². The maximum absolute atomic E-state index is 12.1. The second kappa shape index (κ2) is 6.58. The summed E-state index contributed by atoms with van der Waals surface area (Å²) >= 11 is 1.38. The molecule has 0 saturated heterocycles. The van der Waals surface area contributed by atoms with Gasteiger partial charge in [-0.2, -0.15) is 0 Å². The third-order valence-electron chi connectivity index (χ3n) is 3.09. The molecule has 0 fully saturated rings. The Balaban J connectivity index is 2.22. The smallest absolute Gasteiger partial charge is 0.303 e. The van der Waals surface area contributed by atoms with Crippen LogP contribution in [0, 0.1) is 0 Å². The fraction of sp³-hybridized carbons (Fsp3) is 0.333. The minimum atomic E-state index is -0.881. The Morgan fingerprint density at radius 3 is 2.38 bits per heavy atom. The third-order valence-corrected chi connectivity index (χ3v) is 4.23. The van der Waals surface area contributed by atoms with Crippen molar-refractivity contribution in [1.29, 1.82) is 0 Å². The van der Waals surface area contributed by atoms with Crippen molar-refractivity contribution in [2.75, 3.05) is 14.2 Å². The van der Waals surface area contributed by atoms with E-state index >= 15 is 0 Å². The molecule has 2 aromatic rings. The van der Waals surface area contributed by atoms with Crippen LogP contribution in [0.15, 0.2) is 18.2 Å². The largest absolute Gasteiger partial charge is 0.493 e. The lowest BCUT2D eigenvalue weighted by Gasteiger charge is -2.06. The minimum Gasteiger partial charge on any atom is -0.493 e. The quantitative estimate of drug-likeness (QED) is 0.794. The molecule has 1 aromatic carbocycles. The number of aliphatic carboxylic acids is 1. The van der Waals surface area contributed by atoms with Crippen LogP contribution >= 0.6 is 11.3 Å². The van der Waals surface area contributed by atoms with Gasteiger partial charge in [0, 0.05) is 23.6 Å². The molecule has 2 rings (SSSR count). The fourth-order valence-corrected chi connectivity index (χ4v) is 3.07.